The van der Waals surface area contributed by atoms with Crippen LogP contribution in [0.15, 0.2) is 36.5 Å². The Hall–Kier alpha value is -2.57. The summed E-state index contributed by atoms with van der Waals surface area (Å²) in [6.45, 7) is 5.57. The molecule has 0 aromatic heterocycles. The van der Waals surface area contributed by atoms with Gasteiger partial charge in [0.05, 0.1) is 6.54 Å². The Morgan fingerprint density at radius 1 is 0.583 bits per heavy atom. The van der Waals surface area contributed by atoms with Crippen LogP contribution in [-0.4, -0.2) is 36.9 Å². The van der Waals surface area contributed by atoms with E-state index in [4.69, 9.17) is 11.5 Å². The lowest BCUT2D eigenvalue weighted by Crippen LogP contribution is -2.78. The molecule has 7 nitrogen and oxygen atoms in total. The minimum Gasteiger partial charge on any atom is -0.354 e. The Morgan fingerprint density at radius 2 is 1.02 bits per heavy atom. The Bertz CT molecular complexity index is 848. The Morgan fingerprint density at radius 3 is 1.56 bits per heavy atom. The molecule has 2 amide bonds. The number of hydrogen-bond acceptors (Lipinski definition) is 2. The molecule has 0 aromatic carbocycles. The maximum Gasteiger partial charge on any atom is 0.338 e. The van der Waals surface area contributed by atoms with Gasteiger partial charge in [0.1, 0.15) is 6.04 Å². The highest BCUT2D eigenvalue weighted by Gasteiger charge is 2.20. The highest BCUT2D eigenvalue weighted by Crippen LogP contribution is 2.11. The van der Waals surface area contributed by atoms with E-state index in [9.17, 15) is 9.59 Å². The number of hydrogen-bond donors (Lipinski definition) is 5. The molecule has 7 heteroatoms. The zero-order valence-electron chi connectivity index (χ0n) is 31.5. The number of nitrogens with one attached hydrogen (secondary N) is 3. The van der Waals surface area contributed by atoms with Crippen molar-refractivity contribution in [2.75, 3.05) is 13.1 Å². The van der Waals surface area contributed by atoms with Crippen molar-refractivity contribution in [3.05, 3.63) is 36.5 Å². The molecule has 1 atom stereocenters. The third-order valence-corrected chi connectivity index (χ3v) is 8.76. The van der Waals surface area contributed by atoms with Gasteiger partial charge >= 0.3 is 5.96 Å². The lowest BCUT2D eigenvalue weighted by Gasteiger charge is -2.17. The summed E-state index contributed by atoms with van der Waals surface area (Å²) in [7, 11) is 0. The smallest absolute Gasteiger partial charge is 0.338 e. The largest absolute Gasteiger partial charge is 0.354 e. The maximum atomic E-state index is 12.9. The number of amides is 2. The van der Waals surface area contributed by atoms with Gasteiger partial charge in [-0.15, -0.1) is 0 Å². The maximum absolute atomic E-state index is 12.9. The van der Waals surface area contributed by atoms with Gasteiger partial charge in [-0.05, 0) is 70.6 Å². The van der Waals surface area contributed by atoms with Crippen LogP contribution in [0.3, 0.4) is 0 Å². The van der Waals surface area contributed by atoms with Crippen molar-refractivity contribution >= 4 is 17.8 Å². The fourth-order valence-electron chi connectivity index (χ4n) is 5.70. The van der Waals surface area contributed by atoms with Gasteiger partial charge in [0.15, 0.2) is 0 Å². The summed E-state index contributed by atoms with van der Waals surface area (Å²) in [4.78, 5) is 28.4. The molecule has 0 saturated heterocycles. The van der Waals surface area contributed by atoms with E-state index in [1.807, 2.05) is 0 Å². The standard InChI is InChI=1S/C41H77N5O2/c1-3-5-7-9-11-13-15-17-19-21-23-25-27-29-31-33-36-44-40(48)38(35-37-45-41(42)43)46-39(47)34-32-30-28-26-24-22-20-18-16-14-12-10-8-6-4-2/h12,14,18-21,38H,3-11,13,15-17,22-37H2,1-2H3,(H,44,48)(H,46,47)(H4,42,43,45)/p+1/b14-12-,20-18-,21-19-. The van der Waals surface area contributed by atoms with E-state index in [1.165, 1.54) is 116 Å². The zero-order valence-corrected chi connectivity index (χ0v) is 31.5. The van der Waals surface area contributed by atoms with Crippen molar-refractivity contribution in [2.45, 2.75) is 193 Å². The number of allylic oxidation sites excluding steroid dienone is 6. The normalized spacial score (nSPS) is 12.3. The van der Waals surface area contributed by atoms with Gasteiger partial charge in [0, 0.05) is 19.4 Å². The van der Waals surface area contributed by atoms with Crippen LogP contribution in [0, 0.1) is 0 Å². The number of carbonyl (C=O) groups is 2. The van der Waals surface area contributed by atoms with Gasteiger partial charge in [-0.1, -0.05) is 140 Å². The first kappa shape index (κ1) is 45.4. The van der Waals surface area contributed by atoms with Gasteiger partial charge < -0.3 is 10.6 Å². The molecule has 48 heavy (non-hydrogen) atoms. The average molecular weight is 673 g/mol. The van der Waals surface area contributed by atoms with Crippen molar-refractivity contribution < 1.29 is 14.6 Å². The number of carbonyl (C=O) groups excluding carboxylic acids is 2. The van der Waals surface area contributed by atoms with Crippen LogP contribution >= 0.6 is 0 Å². The molecular formula is C41H78N5O2+. The van der Waals surface area contributed by atoms with E-state index < -0.39 is 6.04 Å². The van der Waals surface area contributed by atoms with Crippen molar-refractivity contribution in [2.24, 2.45) is 11.5 Å². The van der Waals surface area contributed by atoms with Crippen LogP contribution in [0.1, 0.15) is 187 Å². The predicted octanol–water partition coefficient (Wildman–Crippen LogP) is 8.18. The van der Waals surface area contributed by atoms with Gasteiger partial charge in [0.25, 0.3) is 0 Å². The molecule has 278 valence electrons. The molecule has 7 N–H and O–H groups in total. The molecule has 0 aliphatic carbocycles. The molecule has 0 aliphatic rings. The Balaban J connectivity index is 4.00. The molecule has 0 aliphatic heterocycles. The molecule has 0 saturated carbocycles. The second-order valence-corrected chi connectivity index (χ2v) is 13.5. The van der Waals surface area contributed by atoms with Crippen LogP contribution in [-0.2, 0) is 9.59 Å². The fraction of sp³-hybridized carbons (Fsp3) is 0.780. The van der Waals surface area contributed by atoms with Crippen molar-refractivity contribution in [1.82, 2.24) is 10.6 Å². The molecule has 0 radical (unpaired) electrons. The Kier molecular flexibility index (Phi) is 35.3. The van der Waals surface area contributed by atoms with E-state index in [1.54, 1.807) is 0 Å². The van der Waals surface area contributed by atoms with Gasteiger partial charge in [0.2, 0.25) is 11.8 Å². The summed E-state index contributed by atoms with van der Waals surface area (Å²) in [5.41, 5.74) is 11.0. The van der Waals surface area contributed by atoms with E-state index in [0.29, 0.717) is 25.9 Å². The first-order valence-corrected chi connectivity index (χ1v) is 20.1. The first-order valence-electron chi connectivity index (χ1n) is 20.1. The second kappa shape index (κ2) is 37.3. The van der Waals surface area contributed by atoms with E-state index >= 15 is 0 Å². The molecule has 0 spiro atoms. The zero-order chi connectivity index (χ0) is 35.2. The lowest BCUT2D eigenvalue weighted by atomic mass is 10.1. The highest BCUT2D eigenvalue weighted by molar-refractivity contribution is 5.87. The fourth-order valence-corrected chi connectivity index (χ4v) is 5.70. The summed E-state index contributed by atoms with van der Waals surface area (Å²) >= 11 is 0. The summed E-state index contributed by atoms with van der Waals surface area (Å²) < 4.78 is 0. The van der Waals surface area contributed by atoms with E-state index in [-0.39, 0.29) is 17.8 Å². The number of unbranched alkanes of at least 4 members (excludes halogenated alkanes) is 20. The monoisotopic (exact) mass is 673 g/mol. The van der Waals surface area contributed by atoms with Crippen LogP contribution in [0.25, 0.3) is 0 Å². The minimum atomic E-state index is -0.588. The van der Waals surface area contributed by atoms with Crippen molar-refractivity contribution in [1.29, 1.82) is 0 Å². The van der Waals surface area contributed by atoms with Crippen molar-refractivity contribution in [3.8, 4) is 0 Å². The van der Waals surface area contributed by atoms with Gasteiger partial charge in [-0.2, -0.15) is 0 Å². The topological polar surface area (TPSA) is 124 Å². The molecule has 1 unspecified atom stereocenters. The summed E-state index contributed by atoms with van der Waals surface area (Å²) in [6.07, 6.45) is 45.0. The highest BCUT2D eigenvalue weighted by atomic mass is 16.2. The van der Waals surface area contributed by atoms with Crippen LogP contribution in [0.4, 0.5) is 0 Å². The second-order valence-electron chi connectivity index (χ2n) is 13.5. The summed E-state index contributed by atoms with van der Waals surface area (Å²) in [5.74, 6) is -0.0804. The molecule has 0 aromatic rings. The van der Waals surface area contributed by atoms with Crippen LogP contribution < -0.4 is 27.1 Å². The predicted molar refractivity (Wildman–Crippen MR) is 208 cm³/mol. The summed E-state index contributed by atoms with van der Waals surface area (Å²) in [5, 5.41) is 5.97. The third kappa shape index (κ3) is 34.8. The molecular weight excluding hydrogens is 594 g/mol. The molecule has 0 bridgehead atoms. The Labute approximate surface area is 296 Å². The first-order chi connectivity index (χ1) is 23.5. The van der Waals surface area contributed by atoms with Crippen molar-refractivity contribution in [3.63, 3.8) is 0 Å². The van der Waals surface area contributed by atoms with E-state index in [2.05, 4.69) is 65.9 Å². The summed E-state index contributed by atoms with van der Waals surface area (Å²) in [6, 6.07) is -0.588. The minimum absolute atomic E-state index is 0.0676. The quantitative estimate of drug-likeness (QED) is 0.0202. The molecule has 0 heterocycles. The van der Waals surface area contributed by atoms with Gasteiger partial charge in [-0.3, -0.25) is 26.0 Å². The molecule has 0 rings (SSSR count). The van der Waals surface area contributed by atoms with E-state index in [0.717, 1.165) is 44.9 Å². The third-order valence-electron chi connectivity index (χ3n) is 8.76. The molecule has 0 fully saturated rings. The average Bonchev–Trinajstić information content (AvgIpc) is 3.07. The number of nitrogens with two attached hydrogens (primary N) is 2. The SMILES string of the molecule is CCCCC/C=C\C/C=C\CCCCCCCC(=O)NC(CC[NH+]=C(N)N)C(=O)NCCCCCCC/C=C\CCCCCCCCC. The van der Waals surface area contributed by atoms with Crippen LogP contribution in [0.5, 0.6) is 0 Å². The lowest BCUT2D eigenvalue weighted by molar-refractivity contribution is -0.459. The number of rotatable bonds is 35. The number of guanidine groups is 1. The van der Waals surface area contributed by atoms with Crippen LogP contribution in [0.2, 0.25) is 0 Å². The van der Waals surface area contributed by atoms with Gasteiger partial charge in [-0.25, -0.2) is 0 Å².